The lowest BCUT2D eigenvalue weighted by Crippen LogP contribution is -2.16. The average molecular weight is 524 g/mol. The van der Waals surface area contributed by atoms with Crippen LogP contribution < -0.4 is 15.4 Å². The van der Waals surface area contributed by atoms with Crippen LogP contribution >= 0.6 is 0 Å². The fraction of sp³-hybridized carbons (Fsp3) is 0.323. The van der Waals surface area contributed by atoms with Gasteiger partial charge in [-0.3, -0.25) is 5.32 Å². The molecular weight excluding hydrogens is 490 g/mol. The molecule has 0 spiro atoms. The zero-order chi connectivity index (χ0) is 27.0. The second-order valence-electron chi connectivity index (χ2n) is 9.98. The maximum Gasteiger partial charge on any atom is 0.411 e. The van der Waals surface area contributed by atoms with Crippen molar-refractivity contribution in [3.8, 4) is 17.6 Å². The number of anilines is 3. The summed E-state index contributed by atoms with van der Waals surface area (Å²) in [5, 5.41) is 20.4. The summed E-state index contributed by atoms with van der Waals surface area (Å²) in [7, 11) is 0. The third kappa shape index (κ3) is 6.50. The Morgan fingerprint density at radius 2 is 1.77 bits per heavy atom. The van der Waals surface area contributed by atoms with Crippen LogP contribution in [-0.4, -0.2) is 22.3 Å². The Morgan fingerprint density at radius 1 is 1.05 bits per heavy atom. The first kappa shape index (κ1) is 26.1. The molecule has 2 aromatic heterocycles. The number of ether oxygens (including phenoxy) is 2. The third-order valence-corrected chi connectivity index (χ3v) is 7.25. The van der Waals surface area contributed by atoms with E-state index in [-0.39, 0.29) is 0 Å². The molecule has 1 aliphatic rings. The number of aromatic nitrogens is 2. The van der Waals surface area contributed by atoms with E-state index in [0.29, 0.717) is 40.7 Å². The Labute approximate surface area is 228 Å². The van der Waals surface area contributed by atoms with Crippen LogP contribution in [0.3, 0.4) is 0 Å². The highest BCUT2D eigenvalue weighted by molar-refractivity contribution is 5.92. The van der Waals surface area contributed by atoms with Gasteiger partial charge in [0.1, 0.15) is 17.6 Å². The van der Waals surface area contributed by atoms with E-state index in [0.717, 1.165) is 23.4 Å². The Balaban J connectivity index is 1.28. The number of aryl methyl sites for hydroxylation is 1. The minimum atomic E-state index is -0.480. The van der Waals surface area contributed by atoms with Crippen molar-refractivity contribution in [2.45, 2.75) is 51.9 Å². The quantitative estimate of drug-likeness (QED) is 0.227. The molecule has 2 N–H and O–H groups in total. The molecule has 0 unspecified atom stereocenters. The summed E-state index contributed by atoms with van der Waals surface area (Å²) in [6, 6.07) is 19.3. The Kier molecular flexibility index (Phi) is 8.27. The van der Waals surface area contributed by atoms with Gasteiger partial charge in [0.25, 0.3) is 0 Å². The first-order valence-electron chi connectivity index (χ1n) is 13.6. The summed E-state index contributed by atoms with van der Waals surface area (Å²) in [6.07, 6.45) is 11.3. The molecule has 2 aromatic carbocycles. The number of nitrogens with one attached hydrogen (secondary N) is 2. The first-order valence-corrected chi connectivity index (χ1v) is 13.6. The van der Waals surface area contributed by atoms with Crippen molar-refractivity contribution in [2.75, 3.05) is 17.2 Å². The minimum Gasteiger partial charge on any atom is -0.457 e. The van der Waals surface area contributed by atoms with E-state index in [2.05, 4.69) is 21.8 Å². The van der Waals surface area contributed by atoms with Gasteiger partial charge in [-0.1, -0.05) is 56.7 Å². The van der Waals surface area contributed by atoms with Gasteiger partial charge in [-0.2, -0.15) is 10.4 Å². The molecule has 5 rings (SSSR count). The predicted molar refractivity (Wildman–Crippen MR) is 152 cm³/mol. The molecule has 0 bridgehead atoms. The molecule has 1 amide bonds. The van der Waals surface area contributed by atoms with Gasteiger partial charge in [-0.05, 0) is 55.7 Å². The Hall–Kier alpha value is -4.51. The van der Waals surface area contributed by atoms with E-state index < -0.39 is 6.09 Å². The number of carbonyl (C=O) groups is 1. The normalized spacial score (nSPS) is 13.8. The number of hydrogen-bond donors (Lipinski definition) is 2. The standard InChI is InChI=1S/C31H33N5O3/c1-22-28(35-31(37)38-18-17-23-9-5-2-3-6-10-23)21-36-30(22)29(24(19-32)20-33-36)34-25-13-15-27(16-14-25)39-26-11-7-4-8-12-26/h4,7-8,11-16,20-21,23,34H,2-3,5-6,9-10,17-18H2,1H3,(H,35,37). The van der Waals surface area contributed by atoms with Gasteiger partial charge in [-0.15, -0.1) is 0 Å². The number of rotatable bonds is 8. The topological polar surface area (TPSA) is 101 Å². The number of carbonyl (C=O) groups excluding carboxylic acids is 1. The van der Waals surface area contributed by atoms with Crippen LogP contribution in [0, 0.1) is 24.2 Å². The van der Waals surface area contributed by atoms with Gasteiger partial charge in [0.05, 0.1) is 41.5 Å². The van der Waals surface area contributed by atoms with Crippen LogP contribution in [0.1, 0.15) is 56.1 Å². The Morgan fingerprint density at radius 3 is 2.49 bits per heavy atom. The van der Waals surface area contributed by atoms with Crippen LogP contribution in [0.15, 0.2) is 67.0 Å². The summed E-state index contributed by atoms with van der Waals surface area (Å²) >= 11 is 0. The molecule has 1 saturated carbocycles. The predicted octanol–water partition coefficient (Wildman–Crippen LogP) is 7.96. The molecule has 8 heteroatoms. The Bertz CT molecular complexity index is 1450. The van der Waals surface area contributed by atoms with Crippen molar-refractivity contribution in [3.63, 3.8) is 0 Å². The number of benzene rings is 2. The van der Waals surface area contributed by atoms with E-state index in [1.165, 1.54) is 44.7 Å². The largest absolute Gasteiger partial charge is 0.457 e. The highest BCUT2D eigenvalue weighted by Gasteiger charge is 2.18. The second-order valence-corrected chi connectivity index (χ2v) is 9.98. The van der Waals surface area contributed by atoms with Crippen LogP contribution in [0.4, 0.5) is 21.9 Å². The maximum absolute atomic E-state index is 12.6. The lowest BCUT2D eigenvalue weighted by molar-refractivity contribution is 0.151. The smallest absolute Gasteiger partial charge is 0.411 e. The van der Waals surface area contributed by atoms with Gasteiger partial charge in [0, 0.05) is 11.3 Å². The van der Waals surface area contributed by atoms with Gasteiger partial charge in [0.15, 0.2) is 0 Å². The summed E-state index contributed by atoms with van der Waals surface area (Å²) in [6.45, 7) is 2.30. The van der Waals surface area contributed by atoms with E-state index in [1.54, 1.807) is 10.7 Å². The molecule has 8 nitrogen and oxygen atoms in total. The number of nitrogens with zero attached hydrogens (tertiary/aromatic N) is 3. The van der Waals surface area contributed by atoms with Crippen LogP contribution in [0.5, 0.6) is 11.5 Å². The molecule has 2 heterocycles. The highest BCUT2D eigenvalue weighted by Crippen LogP contribution is 2.33. The molecular formula is C31H33N5O3. The fourth-order valence-electron chi connectivity index (χ4n) is 5.12. The van der Waals surface area contributed by atoms with Crippen molar-refractivity contribution in [3.05, 3.63) is 78.1 Å². The average Bonchev–Trinajstić information content (AvgIpc) is 3.09. The summed E-state index contributed by atoms with van der Waals surface area (Å²) < 4.78 is 13.0. The van der Waals surface area contributed by atoms with E-state index in [9.17, 15) is 10.1 Å². The number of amides is 1. The molecule has 0 aliphatic heterocycles. The maximum atomic E-state index is 12.6. The van der Waals surface area contributed by atoms with Crippen LogP contribution in [0.2, 0.25) is 0 Å². The first-order chi connectivity index (χ1) is 19.1. The lowest BCUT2D eigenvalue weighted by Gasteiger charge is -2.14. The zero-order valence-electron chi connectivity index (χ0n) is 22.2. The summed E-state index contributed by atoms with van der Waals surface area (Å²) in [5.74, 6) is 2.10. The van der Waals surface area contributed by atoms with E-state index in [1.807, 2.05) is 61.5 Å². The molecule has 4 aromatic rings. The van der Waals surface area contributed by atoms with Gasteiger partial charge < -0.3 is 14.8 Å². The van der Waals surface area contributed by atoms with Crippen molar-refractivity contribution in [2.24, 2.45) is 5.92 Å². The molecule has 0 saturated heterocycles. The van der Waals surface area contributed by atoms with Crippen molar-refractivity contribution in [1.29, 1.82) is 5.26 Å². The van der Waals surface area contributed by atoms with E-state index >= 15 is 0 Å². The molecule has 200 valence electrons. The summed E-state index contributed by atoms with van der Waals surface area (Å²) in [5.41, 5.74) is 3.86. The molecule has 39 heavy (non-hydrogen) atoms. The highest BCUT2D eigenvalue weighted by atomic mass is 16.5. The van der Waals surface area contributed by atoms with Crippen LogP contribution in [0.25, 0.3) is 5.52 Å². The van der Waals surface area contributed by atoms with Crippen molar-refractivity contribution < 1.29 is 14.3 Å². The number of para-hydroxylation sites is 1. The van der Waals surface area contributed by atoms with Crippen molar-refractivity contribution >= 4 is 28.7 Å². The number of nitriles is 1. The lowest BCUT2D eigenvalue weighted by atomic mass is 9.97. The summed E-state index contributed by atoms with van der Waals surface area (Å²) in [4.78, 5) is 12.6. The van der Waals surface area contributed by atoms with E-state index in [4.69, 9.17) is 9.47 Å². The minimum absolute atomic E-state index is 0.394. The van der Waals surface area contributed by atoms with Crippen LogP contribution in [-0.2, 0) is 4.74 Å². The van der Waals surface area contributed by atoms with Crippen molar-refractivity contribution in [1.82, 2.24) is 9.61 Å². The number of hydrogen-bond acceptors (Lipinski definition) is 6. The zero-order valence-corrected chi connectivity index (χ0v) is 22.2. The van der Waals surface area contributed by atoms with Gasteiger partial charge in [0.2, 0.25) is 0 Å². The SMILES string of the molecule is Cc1c(NC(=O)OCCC2CCCCCC2)cn2ncc(C#N)c(Nc3ccc(Oc4ccccc4)cc3)c12. The van der Waals surface area contributed by atoms with Gasteiger partial charge in [-0.25, -0.2) is 9.31 Å². The number of fused-ring (bicyclic) bond motifs is 1. The molecule has 0 radical (unpaired) electrons. The third-order valence-electron chi connectivity index (χ3n) is 7.25. The molecule has 1 aliphatic carbocycles. The second kappa shape index (κ2) is 12.4. The molecule has 0 atom stereocenters. The monoisotopic (exact) mass is 523 g/mol. The fourth-order valence-corrected chi connectivity index (χ4v) is 5.12. The van der Waals surface area contributed by atoms with Gasteiger partial charge >= 0.3 is 6.09 Å². The molecule has 1 fully saturated rings.